The molecule has 84 valence electrons. The quantitative estimate of drug-likeness (QED) is 0.663. The van der Waals surface area contributed by atoms with Crippen molar-refractivity contribution in [2.24, 2.45) is 5.92 Å². The summed E-state index contributed by atoms with van der Waals surface area (Å²) in [7, 11) is -3.07. The van der Waals surface area contributed by atoms with E-state index in [0.717, 1.165) is 12.8 Å². The van der Waals surface area contributed by atoms with Gasteiger partial charge in [-0.1, -0.05) is 0 Å². The monoisotopic (exact) mass is 226 g/mol. The summed E-state index contributed by atoms with van der Waals surface area (Å²) in [4.78, 5) is 0. The second-order valence-corrected chi connectivity index (χ2v) is 4.87. The maximum atomic E-state index is 12.4. The fraction of sp³-hybridized carbons (Fsp3) is 1.00. The molecule has 0 aromatic carbocycles. The van der Waals surface area contributed by atoms with Crippen molar-refractivity contribution < 1.29 is 21.8 Å². The van der Waals surface area contributed by atoms with Gasteiger partial charge in [-0.05, 0) is 12.8 Å². The molecular weight excluding hydrogens is 211 g/mol. The van der Waals surface area contributed by atoms with Gasteiger partial charge in [0.25, 0.3) is 0 Å². The van der Waals surface area contributed by atoms with Gasteiger partial charge < -0.3 is 9.47 Å². The van der Waals surface area contributed by atoms with E-state index >= 15 is 0 Å². The number of rotatable bonds is 4. The summed E-state index contributed by atoms with van der Waals surface area (Å²) in [6.07, 6.45) is 1.11. The lowest BCUT2D eigenvalue weighted by molar-refractivity contribution is -0.0191. The molecule has 1 saturated heterocycles. The largest absolute Gasteiger partial charge is 0.381 e. The zero-order valence-electron chi connectivity index (χ0n) is 8.11. The molecule has 1 rings (SSSR count). The summed E-state index contributed by atoms with van der Waals surface area (Å²) >= 11 is 0. The van der Waals surface area contributed by atoms with Crippen molar-refractivity contribution in [2.45, 2.75) is 18.9 Å². The van der Waals surface area contributed by atoms with Crippen LogP contribution in [0.4, 0.5) is 3.89 Å². The van der Waals surface area contributed by atoms with Gasteiger partial charge in [0, 0.05) is 19.6 Å². The minimum absolute atomic E-state index is 0.0146. The van der Waals surface area contributed by atoms with Gasteiger partial charge in [0.1, 0.15) is 5.75 Å². The van der Waals surface area contributed by atoms with E-state index in [-0.39, 0.29) is 5.92 Å². The highest BCUT2D eigenvalue weighted by Crippen LogP contribution is 2.20. The molecule has 2 unspecified atom stereocenters. The molecule has 6 heteroatoms. The zero-order chi connectivity index (χ0) is 10.6. The summed E-state index contributed by atoms with van der Waals surface area (Å²) in [6.45, 7) is 1.14. The average molecular weight is 226 g/mol. The van der Waals surface area contributed by atoms with Gasteiger partial charge in [-0.2, -0.15) is 8.42 Å². The Morgan fingerprint density at radius 1 is 1.64 bits per heavy atom. The predicted octanol–water partition coefficient (Wildman–Crippen LogP) is 0.727. The first-order valence-corrected chi connectivity index (χ1v) is 6.11. The third kappa shape index (κ3) is 3.89. The van der Waals surface area contributed by atoms with Crippen molar-refractivity contribution in [3.8, 4) is 0 Å². The van der Waals surface area contributed by atoms with Crippen LogP contribution in [0.5, 0.6) is 0 Å². The lowest BCUT2D eigenvalue weighted by Gasteiger charge is -2.28. The summed E-state index contributed by atoms with van der Waals surface area (Å²) in [5.41, 5.74) is 0. The third-order valence-electron chi connectivity index (χ3n) is 2.39. The molecule has 1 heterocycles. The molecule has 0 radical (unpaired) electrons. The van der Waals surface area contributed by atoms with Crippen LogP contribution in [-0.2, 0) is 19.7 Å². The van der Waals surface area contributed by atoms with E-state index < -0.39 is 22.1 Å². The van der Waals surface area contributed by atoms with Gasteiger partial charge in [0.05, 0.1) is 12.7 Å². The molecular formula is C8H15FO4S. The molecule has 0 amide bonds. The van der Waals surface area contributed by atoms with Gasteiger partial charge in [-0.15, -0.1) is 3.89 Å². The molecule has 0 N–H and O–H groups in total. The highest BCUT2D eigenvalue weighted by atomic mass is 32.3. The number of hydrogen-bond donors (Lipinski definition) is 0. The van der Waals surface area contributed by atoms with Gasteiger partial charge in [-0.3, -0.25) is 0 Å². The predicted molar refractivity (Wildman–Crippen MR) is 49.2 cm³/mol. The fourth-order valence-corrected chi connectivity index (χ4v) is 2.45. The number of ether oxygens (including phenoxy) is 2. The summed E-state index contributed by atoms with van der Waals surface area (Å²) in [5, 5.41) is 0. The zero-order valence-corrected chi connectivity index (χ0v) is 8.93. The molecule has 2 atom stereocenters. The minimum atomic E-state index is -4.47. The third-order valence-corrected chi connectivity index (χ3v) is 3.11. The summed E-state index contributed by atoms with van der Waals surface area (Å²) in [5.74, 6) is -0.586. The summed E-state index contributed by atoms with van der Waals surface area (Å²) < 4.78 is 43.5. The van der Waals surface area contributed by atoms with E-state index in [1.807, 2.05) is 0 Å². The molecule has 1 fully saturated rings. The average Bonchev–Trinajstić information content (AvgIpc) is 2.14. The Morgan fingerprint density at radius 2 is 2.36 bits per heavy atom. The number of hydrogen-bond acceptors (Lipinski definition) is 4. The van der Waals surface area contributed by atoms with Crippen LogP contribution in [0.25, 0.3) is 0 Å². The van der Waals surface area contributed by atoms with Gasteiger partial charge in [-0.25, -0.2) is 0 Å². The minimum Gasteiger partial charge on any atom is -0.381 e. The fourth-order valence-electron chi connectivity index (χ4n) is 1.65. The first-order valence-electron chi connectivity index (χ1n) is 4.56. The van der Waals surface area contributed by atoms with E-state index in [1.165, 1.54) is 7.11 Å². The van der Waals surface area contributed by atoms with Crippen LogP contribution in [0.15, 0.2) is 0 Å². The number of methoxy groups -OCH3 is 1. The van der Waals surface area contributed by atoms with Crippen molar-refractivity contribution in [1.82, 2.24) is 0 Å². The maximum absolute atomic E-state index is 12.4. The normalized spacial score (nSPS) is 26.0. The Labute approximate surface area is 83.6 Å². The molecule has 0 saturated carbocycles. The van der Waals surface area contributed by atoms with Crippen LogP contribution in [0, 0.1) is 5.92 Å². The SMILES string of the molecule is COC(CS(=O)(=O)F)C1CCCOC1. The molecule has 0 spiro atoms. The Bertz CT molecular complexity index is 259. The molecule has 0 aliphatic carbocycles. The lowest BCUT2D eigenvalue weighted by Crippen LogP contribution is -2.35. The summed E-state index contributed by atoms with van der Waals surface area (Å²) in [6, 6.07) is 0. The van der Waals surface area contributed by atoms with E-state index in [1.54, 1.807) is 0 Å². The van der Waals surface area contributed by atoms with Gasteiger partial charge in [0.2, 0.25) is 0 Å². The van der Waals surface area contributed by atoms with Crippen molar-refractivity contribution >= 4 is 10.2 Å². The van der Waals surface area contributed by atoms with E-state index in [0.29, 0.717) is 13.2 Å². The highest BCUT2D eigenvalue weighted by Gasteiger charge is 2.28. The Morgan fingerprint density at radius 3 is 2.79 bits per heavy atom. The smallest absolute Gasteiger partial charge is 0.304 e. The van der Waals surface area contributed by atoms with E-state index in [4.69, 9.17) is 9.47 Å². The van der Waals surface area contributed by atoms with Crippen LogP contribution in [0.3, 0.4) is 0 Å². The standard InChI is InChI=1S/C8H15FO4S/c1-12-8(6-14(9,10)11)7-3-2-4-13-5-7/h7-8H,2-6H2,1H3. The van der Waals surface area contributed by atoms with E-state index in [9.17, 15) is 12.3 Å². The Hall–Kier alpha value is -0.200. The Balaban J connectivity index is 2.52. The Kier molecular flexibility index (Phi) is 4.28. The van der Waals surface area contributed by atoms with Crippen LogP contribution in [0.2, 0.25) is 0 Å². The van der Waals surface area contributed by atoms with Crippen LogP contribution in [-0.4, -0.2) is 40.6 Å². The second-order valence-electron chi connectivity index (χ2n) is 3.46. The highest BCUT2D eigenvalue weighted by molar-refractivity contribution is 7.86. The van der Waals surface area contributed by atoms with E-state index in [2.05, 4.69) is 0 Å². The first kappa shape index (κ1) is 11.9. The van der Waals surface area contributed by atoms with Crippen LogP contribution in [0.1, 0.15) is 12.8 Å². The van der Waals surface area contributed by atoms with Crippen molar-refractivity contribution in [3.63, 3.8) is 0 Å². The van der Waals surface area contributed by atoms with Crippen LogP contribution < -0.4 is 0 Å². The van der Waals surface area contributed by atoms with Crippen molar-refractivity contribution in [2.75, 3.05) is 26.1 Å². The molecule has 1 aliphatic heterocycles. The van der Waals surface area contributed by atoms with Crippen molar-refractivity contribution in [1.29, 1.82) is 0 Å². The van der Waals surface area contributed by atoms with Crippen molar-refractivity contribution in [3.05, 3.63) is 0 Å². The maximum Gasteiger partial charge on any atom is 0.304 e. The molecule has 4 nitrogen and oxygen atoms in total. The molecule has 0 aromatic rings. The molecule has 1 aliphatic rings. The first-order chi connectivity index (χ1) is 6.53. The lowest BCUT2D eigenvalue weighted by atomic mass is 9.97. The topological polar surface area (TPSA) is 52.6 Å². The van der Waals surface area contributed by atoms with Gasteiger partial charge >= 0.3 is 10.2 Å². The molecule has 14 heavy (non-hydrogen) atoms. The molecule has 0 aromatic heterocycles. The second kappa shape index (κ2) is 5.04. The number of halogens is 1. The molecule has 0 bridgehead atoms. The van der Waals surface area contributed by atoms with Crippen LogP contribution >= 0.6 is 0 Å². The van der Waals surface area contributed by atoms with Gasteiger partial charge in [0.15, 0.2) is 0 Å².